The van der Waals surface area contributed by atoms with Crippen molar-refractivity contribution in [3.8, 4) is 22.3 Å². The van der Waals surface area contributed by atoms with Gasteiger partial charge in [-0.15, -0.1) is 0 Å². The van der Waals surface area contributed by atoms with Gasteiger partial charge in [-0.25, -0.2) is 0 Å². The Labute approximate surface area is 331 Å². The molecule has 1 nitrogen and oxygen atoms in total. The Morgan fingerprint density at radius 1 is 0.309 bits per heavy atom. The molecule has 0 heterocycles. The quantitative estimate of drug-likeness (QED) is 0.200. The lowest BCUT2D eigenvalue weighted by molar-refractivity contribution is 1.36. The Morgan fingerprint density at radius 3 is 1.22 bits per heavy atom. The Hall–Kier alpha value is -5.66. The van der Waals surface area contributed by atoms with Gasteiger partial charge in [-0.1, -0.05) is 171 Å². The highest BCUT2D eigenvalue weighted by Gasteiger charge is 2.28. The van der Waals surface area contributed by atoms with Gasteiger partial charge in [-0.3, -0.25) is 0 Å². The van der Waals surface area contributed by atoms with Crippen LogP contribution in [0.2, 0.25) is 0 Å². The highest BCUT2D eigenvalue weighted by atomic mass is 15.2. The first-order chi connectivity index (χ1) is 26.7. The number of nitrogens with zero attached hydrogens (tertiary/aromatic N) is 1. The Balaban J connectivity index is 1.40. The molecule has 16 radical (unpaired) electrons. The molecular weight excluding hydrogens is 653 g/mol. The molecule has 9 aromatic carbocycles. The van der Waals surface area contributed by atoms with Crippen LogP contribution in [0, 0.1) is 0 Å². The summed E-state index contributed by atoms with van der Waals surface area (Å²) in [6, 6.07) is 46.1. The van der Waals surface area contributed by atoms with Crippen molar-refractivity contribution in [2.75, 3.05) is 4.90 Å². The molecular formula is C46H23B8N. The molecule has 9 rings (SSSR count). The van der Waals surface area contributed by atoms with Gasteiger partial charge < -0.3 is 4.90 Å². The van der Waals surface area contributed by atoms with Crippen molar-refractivity contribution in [1.82, 2.24) is 0 Å². The van der Waals surface area contributed by atoms with Crippen LogP contribution in [-0.4, -0.2) is 62.8 Å². The molecule has 0 saturated heterocycles. The van der Waals surface area contributed by atoms with Crippen LogP contribution in [-0.2, 0) is 0 Å². The van der Waals surface area contributed by atoms with E-state index < -0.39 is 0 Å². The first-order valence-electron chi connectivity index (χ1n) is 17.9. The maximum Gasteiger partial charge on any atom is 0.115 e. The van der Waals surface area contributed by atoms with Gasteiger partial charge in [0.1, 0.15) is 62.8 Å². The largest absolute Gasteiger partial charge is 0.312 e. The van der Waals surface area contributed by atoms with Gasteiger partial charge in [-0.2, -0.15) is 0 Å². The van der Waals surface area contributed by atoms with Crippen LogP contribution in [0.1, 0.15) is 0 Å². The number of anilines is 3. The molecule has 9 aromatic rings. The van der Waals surface area contributed by atoms with Crippen molar-refractivity contribution >= 4 is 167 Å². The van der Waals surface area contributed by atoms with E-state index in [-0.39, 0.29) is 43.7 Å². The molecule has 0 atom stereocenters. The topological polar surface area (TPSA) is 3.24 Å². The molecule has 0 saturated carbocycles. The zero-order valence-electron chi connectivity index (χ0n) is 29.8. The first kappa shape index (κ1) is 35.1. The molecule has 0 amide bonds. The van der Waals surface area contributed by atoms with Gasteiger partial charge in [0, 0.05) is 16.8 Å². The average Bonchev–Trinajstić information content (AvgIpc) is 3.22. The Bertz CT molecular complexity index is 2980. The number of rotatable bonds is 5. The highest BCUT2D eigenvalue weighted by Crippen LogP contribution is 2.40. The summed E-state index contributed by atoms with van der Waals surface area (Å²) in [5.74, 6) is 0. The van der Waals surface area contributed by atoms with Crippen molar-refractivity contribution in [3.63, 3.8) is 0 Å². The monoisotopic (exact) mass is 677 g/mol. The fourth-order valence-electron chi connectivity index (χ4n) is 8.15. The zero-order valence-corrected chi connectivity index (χ0v) is 29.8. The predicted octanol–water partition coefficient (Wildman–Crippen LogP) is 3.45. The Morgan fingerprint density at radius 2 is 0.691 bits per heavy atom. The lowest BCUT2D eigenvalue weighted by Gasteiger charge is -2.37. The minimum absolute atomic E-state index is 0.180. The standard InChI is InChI=1S/C46H23B8N/c47-37-35(24-12-2-1-3-13-24)38(48)42(52)45(41(37)51)55(34-23-26-15-5-7-17-28(26)30-19-10-11-21-32(30)34)46-43(53)39(49)36(40(50)44(46)54)33-22-25-14-4-6-16-27(25)29-18-8-9-20-31(29)33/h1-23H. The van der Waals surface area contributed by atoms with Crippen molar-refractivity contribution in [2.24, 2.45) is 0 Å². The van der Waals surface area contributed by atoms with Gasteiger partial charge in [0.2, 0.25) is 0 Å². The van der Waals surface area contributed by atoms with Crippen molar-refractivity contribution < 1.29 is 0 Å². The van der Waals surface area contributed by atoms with E-state index in [4.69, 9.17) is 62.8 Å². The molecule has 0 aliphatic carbocycles. The minimum Gasteiger partial charge on any atom is -0.312 e. The average molecular weight is 676 g/mol. The summed E-state index contributed by atoms with van der Waals surface area (Å²) in [6.07, 6.45) is 0. The van der Waals surface area contributed by atoms with E-state index in [0.29, 0.717) is 28.2 Å². The van der Waals surface area contributed by atoms with E-state index in [2.05, 4.69) is 36.4 Å². The van der Waals surface area contributed by atoms with E-state index in [0.717, 1.165) is 54.2 Å². The van der Waals surface area contributed by atoms with Crippen LogP contribution in [0.15, 0.2) is 140 Å². The van der Waals surface area contributed by atoms with Crippen LogP contribution in [0.25, 0.3) is 65.3 Å². The number of hydrogen-bond acceptors (Lipinski definition) is 1. The SMILES string of the molecule is [B]c1c([B])c(N(c2c([B])c([B])c(-c3cc4ccccc4c4ccccc34)c([B])c2[B])c2cc3ccccc3c3ccccc23)c([B])c([B])c1-c1ccccc1. The van der Waals surface area contributed by atoms with E-state index in [1.54, 1.807) is 0 Å². The minimum atomic E-state index is 0.180. The fraction of sp³-hybridized carbons (Fsp3) is 0. The van der Waals surface area contributed by atoms with Crippen LogP contribution in [0.4, 0.5) is 17.1 Å². The third-order valence-corrected chi connectivity index (χ3v) is 10.8. The molecule has 0 bridgehead atoms. The normalized spacial score (nSPS) is 11.5. The summed E-state index contributed by atoms with van der Waals surface area (Å²) >= 11 is 0. The Kier molecular flexibility index (Phi) is 8.65. The summed E-state index contributed by atoms with van der Waals surface area (Å²) in [5.41, 5.74) is 5.62. The van der Waals surface area contributed by atoms with Crippen LogP contribution < -0.4 is 48.6 Å². The smallest absolute Gasteiger partial charge is 0.115 e. The van der Waals surface area contributed by atoms with Gasteiger partial charge in [0.05, 0.1) is 5.69 Å². The van der Waals surface area contributed by atoms with Crippen LogP contribution in [0.5, 0.6) is 0 Å². The summed E-state index contributed by atoms with van der Waals surface area (Å²) in [5, 5.41) is 7.98. The molecule has 0 spiro atoms. The second-order valence-electron chi connectivity index (χ2n) is 13.8. The molecule has 9 heteroatoms. The number of benzene rings is 9. The second kappa shape index (κ2) is 13.6. The lowest BCUT2D eigenvalue weighted by Crippen LogP contribution is -2.50. The molecule has 0 N–H and O–H groups in total. The molecule has 0 aliphatic rings. The molecule has 236 valence electrons. The second-order valence-corrected chi connectivity index (χ2v) is 13.8. The van der Waals surface area contributed by atoms with E-state index in [1.807, 2.05) is 108 Å². The fourth-order valence-corrected chi connectivity index (χ4v) is 8.15. The summed E-state index contributed by atoms with van der Waals surface area (Å²) in [7, 11) is 56.8. The van der Waals surface area contributed by atoms with E-state index in [9.17, 15) is 0 Å². The van der Waals surface area contributed by atoms with Gasteiger partial charge >= 0.3 is 0 Å². The maximum absolute atomic E-state index is 7.23. The van der Waals surface area contributed by atoms with Crippen LogP contribution >= 0.6 is 0 Å². The maximum atomic E-state index is 7.23. The molecule has 0 aliphatic heterocycles. The van der Waals surface area contributed by atoms with Gasteiger partial charge in [0.15, 0.2) is 0 Å². The molecule has 0 aromatic heterocycles. The third-order valence-electron chi connectivity index (χ3n) is 10.8. The van der Waals surface area contributed by atoms with Gasteiger partial charge in [-0.05, 0) is 72.1 Å². The van der Waals surface area contributed by atoms with Crippen molar-refractivity contribution in [2.45, 2.75) is 0 Å². The summed E-state index contributed by atoms with van der Waals surface area (Å²) < 4.78 is 0. The van der Waals surface area contributed by atoms with Gasteiger partial charge in [0.25, 0.3) is 0 Å². The highest BCUT2D eigenvalue weighted by molar-refractivity contribution is 6.65. The number of hydrogen-bond donors (Lipinski definition) is 0. The first-order valence-corrected chi connectivity index (χ1v) is 17.9. The van der Waals surface area contributed by atoms with Crippen molar-refractivity contribution in [3.05, 3.63) is 140 Å². The lowest BCUT2D eigenvalue weighted by atomic mass is 9.62. The van der Waals surface area contributed by atoms with Crippen LogP contribution in [0.3, 0.4) is 0 Å². The number of fused-ring (bicyclic) bond motifs is 6. The molecule has 55 heavy (non-hydrogen) atoms. The van der Waals surface area contributed by atoms with Crippen molar-refractivity contribution in [1.29, 1.82) is 0 Å². The predicted molar refractivity (Wildman–Crippen MR) is 245 cm³/mol. The summed E-state index contributed by atoms with van der Waals surface area (Å²) in [4.78, 5) is 1.82. The van der Waals surface area contributed by atoms with E-state index >= 15 is 0 Å². The zero-order chi connectivity index (χ0) is 38.1. The van der Waals surface area contributed by atoms with E-state index in [1.165, 1.54) is 0 Å². The molecule has 0 fully saturated rings. The summed E-state index contributed by atoms with van der Waals surface area (Å²) in [6.45, 7) is 0. The molecule has 0 unspecified atom stereocenters. The third kappa shape index (κ3) is 5.42.